The molecule has 1 aliphatic carbocycles. The predicted octanol–water partition coefficient (Wildman–Crippen LogP) is 2.71. The first-order chi connectivity index (χ1) is 21.0. The highest BCUT2D eigenvalue weighted by Gasteiger charge is 2.45. The summed E-state index contributed by atoms with van der Waals surface area (Å²) in [6, 6.07) is 13.3. The van der Waals surface area contributed by atoms with Crippen LogP contribution in [0.3, 0.4) is 0 Å². The van der Waals surface area contributed by atoms with Crippen molar-refractivity contribution in [2.75, 3.05) is 25.5 Å². The van der Waals surface area contributed by atoms with E-state index in [1.54, 1.807) is 30.3 Å². The smallest absolute Gasteiger partial charge is 0.443 e. The van der Waals surface area contributed by atoms with E-state index >= 15 is 0 Å². The maximum atomic E-state index is 13.9. The van der Waals surface area contributed by atoms with E-state index in [2.05, 4.69) is 5.32 Å². The monoisotopic (exact) mass is 655 g/mol. The molecule has 2 aromatic carbocycles. The van der Waals surface area contributed by atoms with Gasteiger partial charge in [-0.05, 0) is 49.4 Å². The lowest BCUT2D eigenvalue weighted by atomic mass is 10.0. The standard InChI is InChI=1S/C28H38N3O11PS/c29-20-9-6-12-22(16-20)44(36,37)31(41-21-10-4-5-11-21)17-25(42-43(33,34)35)24(15-19-7-2-1-3-8-19)30-28(32)40-26-18-39-27-23(26)13-14-38-27/h1-3,6-9,12,16,21,23-27H,4-5,10-11,13-15,17-18,29H2,(H,30,32)(H2,33,34,35)/t23?,24-,25?,26?,27?/m0/s1. The van der Waals surface area contributed by atoms with Gasteiger partial charge in [0.05, 0.1) is 42.7 Å². The first-order valence-electron chi connectivity index (χ1n) is 14.5. The summed E-state index contributed by atoms with van der Waals surface area (Å²) in [4.78, 5) is 38.8. The number of sulfonamides is 1. The molecule has 3 fully saturated rings. The van der Waals surface area contributed by atoms with Gasteiger partial charge < -0.3 is 35.0 Å². The lowest BCUT2D eigenvalue weighted by Gasteiger charge is -2.33. The lowest BCUT2D eigenvalue weighted by molar-refractivity contribution is -0.144. The highest BCUT2D eigenvalue weighted by atomic mass is 32.2. The Balaban J connectivity index is 1.44. The minimum atomic E-state index is -5.22. The normalized spacial score (nSPS) is 23.8. The zero-order chi connectivity index (χ0) is 31.3. The van der Waals surface area contributed by atoms with Gasteiger partial charge in [-0.25, -0.2) is 17.8 Å². The number of fused-ring (bicyclic) bond motifs is 1. The molecule has 2 aromatic rings. The number of hydroxylamine groups is 1. The fourth-order valence-electron chi connectivity index (χ4n) is 5.72. The van der Waals surface area contributed by atoms with Crippen molar-refractivity contribution in [2.24, 2.45) is 5.92 Å². The molecule has 242 valence electrons. The molecule has 0 radical (unpaired) electrons. The third-order valence-corrected chi connectivity index (χ3v) is 10.1. The largest absolute Gasteiger partial charge is 0.469 e. The highest BCUT2D eigenvalue weighted by molar-refractivity contribution is 7.89. The van der Waals surface area contributed by atoms with E-state index in [1.165, 1.54) is 24.3 Å². The van der Waals surface area contributed by atoms with E-state index in [0.29, 0.717) is 35.9 Å². The molecule has 1 amide bonds. The maximum Gasteiger partial charge on any atom is 0.469 e. The Morgan fingerprint density at radius 3 is 2.55 bits per heavy atom. The Hall–Kier alpha value is -2.59. The van der Waals surface area contributed by atoms with Crippen LogP contribution in [0.15, 0.2) is 59.5 Å². The molecule has 3 aliphatic rings. The molecule has 14 nitrogen and oxygen atoms in total. The molecule has 5 atom stereocenters. The second kappa shape index (κ2) is 14.2. The number of hydrogen-bond donors (Lipinski definition) is 4. The third-order valence-electron chi connectivity index (χ3n) is 7.89. The van der Waals surface area contributed by atoms with Gasteiger partial charge in [0, 0.05) is 5.69 Å². The molecular formula is C28H38N3O11PS. The number of carbonyl (C=O) groups excluding carboxylic acids is 1. The summed E-state index contributed by atoms with van der Waals surface area (Å²) in [5, 5.41) is 2.67. The summed E-state index contributed by atoms with van der Waals surface area (Å²) in [7, 11) is -9.62. The second-order valence-electron chi connectivity index (χ2n) is 11.1. The van der Waals surface area contributed by atoms with E-state index in [4.69, 9.17) is 29.3 Å². The Morgan fingerprint density at radius 2 is 1.84 bits per heavy atom. The maximum absolute atomic E-state index is 13.9. The summed E-state index contributed by atoms with van der Waals surface area (Å²) in [6.07, 6.45) is -0.429. The van der Waals surface area contributed by atoms with Crippen molar-refractivity contribution in [1.82, 2.24) is 9.79 Å². The number of hydrogen-bond acceptors (Lipinski definition) is 10. The molecule has 4 unspecified atom stereocenters. The zero-order valence-corrected chi connectivity index (χ0v) is 25.7. The average molecular weight is 656 g/mol. The van der Waals surface area contributed by atoms with Crippen LogP contribution in [0.1, 0.15) is 37.7 Å². The van der Waals surface area contributed by atoms with Gasteiger partial charge in [0.1, 0.15) is 12.2 Å². The molecule has 5 rings (SSSR count). The van der Waals surface area contributed by atoms with Crippen molar-refractivity contribution in [3.63, 3.8) is 0 Å². The first-order valence-corrected chi connectivity index (χ1v) is 17.5. The van der Waals surface area contributed by atoms with Gasteiger partial charge in [0.2, 0.25) is 0 Å². The van der Waals surface area contributed by atoms with Crippen LogP contribution >= 0.6 is 7.82 Å². The number of phosphoric ester groups is 1. The van der Waals surface area contributed by atoms with Gasteiger partial charge in [-0.3, -0.25) is 9.36 Å². The zero-order valence-electron chi connectivity index (χ0n) is 24.0. The summed E-state index contributed by atoms with van der Waals surface area (Å²) >= 11 is 0. The van der Waals surface area contributed by atoms with Crippen molar-refractivity contribution in [3.8, 4) is 0 Å². The van der Waals surface area contributed by atoms with Gasteiger partial charge >= 0.3 is 13.9 Å². The summed E-state index contributed by atoms with van der Waals surface area (Å²) in [5.41, 5.74) is 6.75. The van der Waals surface area contributed by atoms with Crippen LogP contribution in [0.25, 0.3) is 0 Å². The Morgan fingerprint density at radius 1 is 1.09 bits per heavy atom. The number of alkyl carbamates (subject to hydrolysis) is 1. The molecule has 0 spiro atoms. The molecule has 0 aromatic heterocycles. The van der Waals surface area contributed by atoms with E-state index < -0.39 is 61.1 Å². The Labute approximate surface area is 256 Å². The lowest BCUT2D eigenvalue weighted by Crippen LogP contribution is -2.52. The number of phosphoric acid groups is 1. The highest BCUT2D eigenvalue weighted by Crippen LogP contribution is 2.40. The number of ether oxygens (including phenoxy) is 3. The SMILES string of the molecule is Nc1cccc(S(=O)(=O)N(CC(OP(=O)(O)O)[C@H](Cc2ccccc2)NC(=O)OC2COC3OCCC23)OC2CCCC2)c1. The van der Waals surface area contributed by atoms with Crippen molar-refractivity contribution < 1.29 is 51.1 Å². The van der Waals surface area contributed by atoms with Crippen LogP contribution in [0.5, 0.6) is 0 Å². The fraction of sp³-hybridized carbons (Fsp3) is 0.536. The van der Waals surface area contributed by atoms with Crippen LogP contribution in [0.2, 0.25) is 0 Å². The summed E-state index contributed by atoms with van der Waals surface area (Å²) in [5.74, 6) is -0.144. The molecule has 16 heteroatoms. The van der Waals surface area contributed by atoms with Crippen LogP contribution in [0.4, 0.5) is 10.5 Å². The molecule has 5 N–H and O–H groups in total. The molecule has 2 heterocycles. The number of nitrogens with two attached hydrogens (primary N) is 1. The van der Waals surface area contributed by atoms with Gasteiger partial charge in [-0.1, -0.05) is 53.7 Å². The topological polar surface area (TPSA) is 196 Å². The van der Waals surface area contributed by atoms with Crippen molar-refractivity contribution in [2.45, 2.75) is 74.1 Å². The van der Waals surface area contributed by atoms with Gasteiger partial charge in [-0.2, -0.15) is 0 Å². The van der Waals surface area contributed by atoms with Gasteiger partial charge in [-0.15, -0.1) is 0 Å². The number of nitrogens with zero attached hydrogens (tertiary/aromatic N) is 1. The van der Waals surface area contributed by atoms with Crippen molar-refractivity contribution >= 4 is 29.6 Å². The van der Waals surface area contributed by atoms with E-state index in [9.17, 15) is 27.6 Å². The van der Waals surface area contributed by atoms with E-state index in [-0.39, 0.29) is 29.5 Å². The second-order valence-corrected chi connectivity index (χ2v) is 14.1. The summed E-state index contributed by atoms with van der Waals surface area (Å²) in [6.45, 7) is -0.0540. The minimum absolute atomic E-state index is 0.0204. The van der Waals surface area contributed by atoms with Crippen molar-refractivity contribution in [3.05, 3.63) is 60.2 Å². The Bertz CT molecular complexity index is 1420. The third kappa shape index (κ3) is 8.56. The number of nitrogen functional groups attached to an aromatic ring is 1. The number of anilines is 1. The van der Waals surface area contributed by atoms with Crippen LogP contribution in [-0.2, 0) is 44.6 Å². The Kier molecular flexibility index (Phi) is 10.6. The fourth-order valence-corrected chi connectivity index (χ4v) is 7.64. The number of amides is 1. The molecule has 44 heavy (non-hydrogen) atoms. The van der Waals surface area contributed by atoms with E-state index in [1.807, 2.05) is 0 Å². The van der Waals surface area contributed by atoms with Gasteiger partial charge in [0.25, 0.3) is 10.0 Å². The quantitative estimate of drug-likeness (QED) is 0.140. The number of benzene rings is 2. The number of carbonyl (C=O) groups is 1. The first kappa shape index (κ1) is 32.8. The van der Waals surface area contributed by atoms with Gasteiger partial charge in [0.15, 0.2) is 6.29 Å². The molecule has 0 bridgehead atoms. The van der Waals surface area contributed by atoms with Crippen LogP contribution < -0.4 is 11.1 Å². The molecule has 2 saturated heterocycles. The van der Waals surface area contributed by atoms with Crippen LogP contribution in [-0.4, -0.2) is 79.2 Å². The number of nitrogens with one attached hydrogen (secondary N) is 1. The molecular weight excluding hydrogens is 617 g/mol. The average Bonchev–Trinajstić information content (AvgIpc) is 3.73. The number of rotatable bonds is 13. The van der Waals surface area contributed by atoms with Crippen molar-refractivity contribution in [1.29, 1.82) is 0 Å². The van der Waals surface area contributed by atoms with Crippen LogP contribution in [0, 0.1) is 5.92 Å². The summed E-state index contributed by atoms with van der Waals surface area (Å²) < 4.78 is 62.6. The molecule has 2 aliphatic heterocycles. The predicted molar refractivity (Wildman–Crippen MR) is 156 cm³/mol. The molecule has 1 saturated carbocycles. The minimum Gasteiger partial charge on any atom is -0.443 e. The van der Waals surface area contributed by atoms with E-state index in [0.717, 1.165) is 12.8 Å².